The lowest BCUT2D eigenvalue weighted by molar-refractivity contribution is 0.0772. The first-order valence-corrected chi connectivity index (χ1v) is 9.34. The average Bonchev–Trinajstić information content (AvgIpc) is 2.55. The van der Waals surface area contributed by atoms with Crippen molar-refractivity contribution in [2.24, 2.45) is 0 Å². The molecule has 2 rings (SSSR count). The van der Waals surface area contributed by atoms with Crippen molar-refractivity contribution < 1.29 is 13.2 Å². The molecule has 0 saturated heterocycles. The third-order valence-electron chi connectivity index (χ3n) is 3.71. The number of anilines is 1. The van der Waals surface area contributed by atoms with E-state index in [1.165, 1.54) is 12.1 Å². The molecule has 0 unspecified atom stereocenters. The zero-order valence-electron chi connectivity index (χ0n) is 14.1. The van der Waals surface area contributed by atoms with Crippen LogP contribution in [0.4, 0.5) is 5.69 Å². The Morgan fingerprint density at radius 2 is 1.71 bits per heavy atom. The summed E-state index contributed by atoms with van der Waals surface area (Å²) < 4.78 is 27.7. The van der Waals surface area contributed by atoms with E-state index in [1.54, 1.807) is 35.2 Å². The standard InChI is InChI=1S/C18H22N2O3S/c1-4-20(5-2)18(21)15-9-7-11-17(13-15)24(22,23)19-16-10-6-8-14(3)12-16/h6-13,19H,4-5H2,1-3H3. The maximum Gasteiger partial charge on any atom is 0.261 e. The van der Waals surface area contributed by atoms with E-state index in [1.807, 2.05) is 26.8 Å². The number of hydrogen-bond donors (Lipinski definition) is 1. The molecule has 5 nitrogen and oxygen atoms in total. The highest BCUT2D eigenvalue weighted by atomic mass is 32.2. The minimum absolute atomic E-state index is 0.0713. The first kappa shape index (κ1) is 18.0. The van der Waals surface area contributed by atoms with Crippen molar-refractivity contribution in [1.82, 2.24) is 4.90 Å². The maximum atomic E-state index is 12.6. The zero-order valence-corrected chi connectivity index (χ0v) is 14.9. The summed E-state index contributed by atoms with van der Waals surface area (Å²) >= 11 is 0. The van der Waals surface area contributed by atoms with Crippen molar-refractivity contribution in [3.05, 3.63) is 59.7 Å². The molecule has 0 aliphatic carbocycles. The SMILES string of the molecule is CCN(CC)C(=O)c1cccc(S(=O)(=O)Nc2cccc(C)c2)c1. The summed E-state index contributed by atoms with van der Waals surface area (Å²) in [5.74, 6) is -0.174. The number of amides is 1. The normalized spacial score (nSPS) is 11.1. The summed E-state index contributed by atoms with van der Waals surface area (Å²) in [6, 6.07) is 13.2. The smallest absolute Gasteiger partial charge is 0.261 e. The van der Waals surface area contributed by atoms with Gasteiger partial charge in [0.05, 0.1) is 4.90 Å². The molecule has 128 valence electrons. The van der Waals surface area contributed by atoms with E-state index < -0.39 is 10.0 Å². The van der Waals surface area contributed by atoms with Crippen LogP contribution in [-0.4, -0.2) is 32.3 Å². The molecule has 24 heavy (non-hydrogen) atoms. The van der Waals surface area contributed by atoms with Crippen LogP contribution in [0.1, 0.15) is 29.8 Å². The monoisotopic (exact) mass is 346 g/mol. The van der Waals surface area contributed by atoms with Crippen molar-refractivity contribution in [2.75, 3.05) is 17.8 Å². The molecule has 0 bridgehead atoms. The number of hydrogen-bond acceptors (Lipinski definition) is 3. The molecule has 0 aromatic heterocycles. The van der Waals surface area contributed by atoms with Gasteiger partial charge in [-0.1, -0.05) is 18.2 Å². The second-order valence-electron chi connectivity index (χ2n) is 5.48. The lowest BCUT2D eigenvalue weighted by atomic mass is 10.2. The van der Waals surface area contributed by atoms with Crippen LogP contribution in [0.2, 0.25) is 0 Å². The predicted octanol–water partition coefficient (Wildman–Crippen LogP) is 3.28. The summed E-state index contributed by atoms with van der Waals surface area (Å²) in [5, 5.41) is 0. The number of nitrogens with zero attached hydrogens (tertiary/aromatic N) is 1. The minimum atomic E-state index is -3.75. The van der Waals surface area contributed by atoms with E-state index in [0.717, 1.165) is 5.56 Å². The zero-order chi connectivity index (χ0) is 17.7. The fourth-order valence-corrected chi connectivity index (χ4v) is 3.51. The molecule has 0 aliphatic heterocycles. The van der Waals surface area contributed by atoms with Crippen molar-refractivity contribution in [1.29, 1.82) is 0 Å². The van der Waals surface area contributed by atoms with Gasteiger partial charge in [0.15, 0.2) is 0 Å². The van der Waals surface area contributed by atoms with Gasteiger partial charge in [0.2, 0.25) is 0 Å². The first-order chi connectivity index (χ1) is 11.4. The lowest BCUT2D eigenvalue weighted by Crippen LogP contribution is -2.30. The molecule has 0 heterocycles. The number of carbonyl (C=O) groups excluding carboxylic acids is 1. The van der Waals surface area contributed by atoms with Crippen LogP contribution in [0.15, 0.2) is 53.4 Å². The van der Waals surface area contributed by atoms with Crippen LogP contribution in [-0.2, 0) is 10.0 Å². The molecular weight excluding hydrogens is 324 g/mol. The van der Waals surface area contributed by atoms with E-state index >= 15 is 0 Å². The highest BCUT2D eigenvalue weighted by molar-refractivity contribution is 7.92. The Labute approximate surface area is 143 Å². The van der Waals surface area contributed by atoms with E-state index in [0.29, 0.717) is 24.3 Å². The number of nitrogens with one attached hydrogen (secondary N) is 1. The molecule has 0 atom stereocenters. The Balaban J connectivity index is 2.31. The number of carbonyl (C=O) groups is 1. The van der Waals surface area contributed by atoms with Crippen LogP contribution in [0, 0.1) is 6.92 Å². The average molecular weight is 346 g/mol. The first-order valence-electron chi connectivity index (χ1n) is 7.86. The molecule has 0 aliphatic rings. The number of aryl methyl sites for hydroxylation is 1. The van der Waals surface area contributed by atoms with Crippen LogP contribution >= 0.6 is 0 Å². The minimum Gasteiger partial charge on any atom is -0.339 e. The Hall–Kier alpha value is -2.34. The van der Waals surface area contributed by atoms with Gasteiger partial charge in [0, 0.05) is 24.3 Å². The Morgan fingerprint density at radius 3 is 2.33 bits per heavy atom. The lowest BCUT2D eigenvalue weighted by Gasteiger charge is -2.19. The summed E-state index contributed by atoms with van der Waals surface area (Å²) in [7, 11) is -3.75. The fourth-order valence-electron chi connectivity index (χ4n) is 2.41. The summed E-state index contributed by atoms with van der Waals surface area (Å²) in [6.45, 7) is 6.82. The van der Waals surface area contributed by atoms with Gasteiger partial charge < -0.3 is 4.90 Å². The quantitative estimate of drug-likeness (QED) is 0.873. The van der Waals surface area contributed by atoms with Crippen molar-refractivity contribution in [3.8, 4) is 0 Å². The van der Waals surface area contributed by atoms with Gasteiger partial charge in [0.1, 0.15) is 0 Å². The molecule has 0 radical (unpaired) electrons. The number of rotatable bonds is 6. The van der Waals surface area contributed by atoms with E-state index in [9.17, 15) is 13.2 Å². The summed E-state index contributed by atoms with van der Waals surface area (Å²) in [4.78, 5) is 14.1. The number of sulfonamides is 1. The molecule has 2 aromatic carbocycles. The molecule has 1 N–H and O–H groups in total. The second-order valence-corrected chi connectivity index (χ2v) is 7.16. The van der Waals surface area contributed by atoms with E-state index in [2.05, 4.69) is 4.72 Å². The molecular formula is C18H22N2O3S. The van der Waals surface area contributed by atoms with Crippen molar-refractivity contribution in [2.45, 2.75) is 25.7 Å². The molecule has 0 fully saturated rings. The van der Waals surface area contributed by atoms with Gasteiger partial charge >= 0.3 is 0 Å². The van der Waals surface area contributed by atoms with Crippen LogP contribution in [0.3, 0.4) is 0 Å². The third kappa shape index (κ3) is 4.14. The highest BCUT2D eigenvalue weighted by Crippen LogP contribution is 2.18. The molecule has 6 heteroatoms. The molecule has 0 saturated carbocycles. The van der Waals surface area contributed by atoms with Crippen LogP contribution < -0.4 is 4.72 Å². The molecule has 1 amide bonds. The Kier molecular flexibility index (Phi) is 5.62. The summed E-state index contributed by atoms with van der Waals surface area (Å²) in [6.07, 6.45) is 0. The Morgan fingerprint density at radius 1 is 1.04 bits per heavy atom. The third-order valence-corrected chi connectivity index (χ3v) is 5.09. The predicted molar refractivity (Wildman–Crippen MR) is 95.7 cm³/mol. The van der Waals surface area contributed by atoms with Crippen LogP contribution in [0.5, 0.6) is 0 Å². The summed E-state index contributed by atoms with van der Waals surface area (Å²) in [5.41, 5.74) is 1.82. The molecule has 2 aromatic rings. The fraction of sp³-hybridized carbons (Fsp3) is 0.278. The van der Waals surface area contributed by atoms with Crippen molar-refractivity contribution in [3.63, 3.8) is 0 Å². The highest BCUT2D eigenvalue weighted by Gasteiger charge is 2.18. The van der Waals surface area contributed by atoms with E-state index in [-0.39, 0.29) is 10.8 Å². The number of benzene rings is 2. The largest absolute Gasteiger partial charge is 0.339 e. The van der Waals surface area contributed by atoms with Gasteiger partial charge in [-0.3, -0.25) is 9.52 Å². The van der Waals surface area contributed by atoms with Gasteiger partial charge in [-0.25, -0.2) is 8.42 Å². The van der Waals surface area contributed by atoms with Crippen molar-refractivity contribution >= 4 is 21.6 Å². The maximum absolute atomic E-state index is 12.6. The van der Waals surface area contributed by atoms with Gasteiger partial charge in [0.25, 0.3) is 15.9 Å². The topological polar surface area (TPSA) is 66.5 Å². The Bertz CT molecular complexity index is 828. The van der Waals surface area contributed by atoms with E-state index in [4.69, 9.17) is 0 Å². The van der Waals surface area contributed by atoms with Gasteiger partial charge in [-0.05, 0) is 56.7 Å². The molecule has 0 spiro atoms. The second kappa shape index (κ2) is 7.49. The van der Waals surface area contributed by atoms with Gasteiger partial charge in [-0.2, -0.15) is 0 Å². The van der Waals surface area contributed by atoms with Crippen LogP contribution in [0.25, 0.3) is 0 Å². The van der Waals surface area contributed by atoms with Gasteiger partial charge in [-0.15, -0.1) is 0 Å².